The summed E-state index contributed by atoms with van der Waals surface area (Å²) in [5.41, 5.74) is 2.15. The number of fused-ring (bicyclic) bond motifs is 1. The van der Waals surface area contributed by atoms with Gasteiger partial charge in [0, 0.05) is 43.3 Å². The number of benzene rings is 1. The number of nitrogens with zero attached hydrogens (tertiary/aromatic N) is 4. The molecule has 1 amide bonds. The molecule has 2 aromatic heterocycles. The summed E-state index contributed by atoms with van der Waals surface area (Å²) in [5.74, 6) is 0.888. The smallest absolute Gasteiger partial charge is 0.264 e. The van der Waals surface area contributed by atoms with Crippen LogP contribution in [0.5, 0.6) is 0 Å². The molecule has 1 aliphatic heterocycles. The summed E-state index contributed by atoms with van der Waals surface area (Å²) in [6.07, 6.45) is 3.67. The molecule has 6 heteroatoms. The molecule has 1 aliphatic rings. The third kappa shape index (κ3) is 2.98. The Hall–Kier alpha value is -2.47. The van der Waals surface area contributed by atoms with Gasteiger partial charge in [-0.3, -0.25) is 4.79 Å². The molecule has 5 nitrogen and oxygen atoms in total. The van der Waals surface area contributed by atoms with Gasteiger partial charge in [-0.05, 0) is 36.4 Å². The minimum Gasteiger partial charge on any atom is -0.337 e. The van der Waals surface area contributed by atoms with E-state index in [0.717, 1.165) is 35.0 Å². The highest BCUT2D eigenvalue weighted by atomic mass is 32.1. The first kappa shape index (κ1) is 16.0. The van der Waals surface area contributed by atoms with Gasteiger partial charge in [0.1, 0.15) is 0 Å². The van der Waals surface area contributed by atoms with Crippen molar-refractivity contribution in [3.8, 4) is 0 Å². The molecule has 0 spiro atoms. The molecule has 0 radical (unpaired) electrons. The summed E-state index contributed by atoms with van der Waals surface area (Å²) in [7, 11) is 0. The van der Waals surface area contributed by atoms with Crippen LogP contribution in [0.3, 0.4) is 0 Å². The Balaban J connectivity index is 1.49. The maximum Gasteiger partial charge on any atom is 0.264 e. The molecule has 25 heavy (non-hydrogen) atoms. The van der Waals surface area contributed by atoms with E-state index in [-0.39, 0.29) is 5.91 Å². The minimum absolute atomic E-state index is 0.142. The van der Waals surface area contributed by atoms with Crippen molar-refractivity contribution in [2.45, 2.75) is 13.8 Å². The normalized spacial score (nSPS) is 15.0. The first-order chi connectivity index (χ1) is 12.1. The number of aryl methyl sites for hydroxylation is 2. The monoisotopic (exact) mass is 352 g/mol. The van der Waals surface area contributed by atoms with E-state index in [1.807, 2.05) is 43.3 Å². The molecule has 3 heterocycles. The van der Waals surface area contributed by atoms with Gasteiger partial charge in [0.05, 0.1) is 4.88 Å². The molecule has 0 aliphatic carbocycles. The summed E-state index contributed by atoms with van der Waals surface area (Å²) in [4.78, 5) is 26.7. The van der Waals surface area contributed by atoms with Crippen molar-refractivity contribution in [1.82, 2.24) is 14.9 Å². The van der Waals surface area contributed by atoms with Gasteiger partial charge in [0.25, 0.3) is 5.91 Å². The van der Waals surface area contributed by atoms with Crippen molar-refractivity contribution >= 4 is 33.3 Å². The van der Waals surface area contributed by atoms with Crippen molar-refractivity contribution in [3.05, 3.63) is 52.7 Å². The molecular formula is C19H20N4OS. The fraction of sp³-hybridized carbons (Fsp3) is 0.316. The highest BCUT2D eigenvalue weighted by Crippen LogP contribution is 2.31. The fourth-order valence-electron chi connectivity index (χ4n) is 3.18. The predicted octanol–water partition coefficient (Wildman–Crippen LogP) is 3.27. The van der Waals surface area contributed by atoms with Gasteiger partial charge in [-0.15, -0.1) is 11.3 Å². The van der Waals surface area contributed by atoms with Gasteiger partial charge in [0.15, 0.2) is 0 Å². The summed E-state index contributed by atoms with van der Waals surface area (Å²) in [5, 5.41) is 1.18. The van der Waals surface area contributed by atoms with E-state index in [1.165, 1.54) is 10.1 Å². The van der Waals surface area contributed by atoms with Crippen LogP contribution in [0, 0.1) is 13.8 Å². The van der Waals surface area contributed by atoms with E-state index in [0.29, 0.717) is 13.1 Å². The number of aromatic nitrogens is 2. The van der Waals surface area contributed by atoms with Gasteiger partial charge >= 0.3 is 0 Å². The van der Waals surface area contributed by atoms with Gasteiger partial charge < -0.3 is 9.80 Å². The second-order valence-electron chi connectivity index (χ2n) is 6.39. The van der Waals surface area contributed by atoms with Crippen molar-refractivity contribution in [2.75, 3.05) is 31.1 Å². The van der Waals surface area contributed by atoms with E-state index >= 15 is 0 Å². The lowest BCUT2D eigenvalue weighted by Crippen LogP contribution is -2.49. The maximum absolute atomic E-state index is 13.0. The van der Waals surface area contributed by atoms with Gasteiger partial charge in [-0.1, -0.05) is 18.2 Å². The molecule has 4 rings (SSSR count). The molecule has 1 fully saturated rings. The lowest BCUT2D eigenvalue weighted by molar-refractivity contribution is 0.0750. The van der Waals surface area contributed by atoms with E-state index < -0.39 is 0 Å². The van der Waals surface area contributed by atoms with E-state index in [2.05, 4.69) is 27.0 Å². The molecule has 1 saturated heterocycles. The highest BCUT2D eigenvalue weighted by molar-refractivity contribution is 7.21. The first-order valence-corrected chi connectivity index (χ1v) is 9.26. The van der Waals surface area contributed by atoms with Crippen LogP contribution in [0.2, 0.25) is 0 Å². The Kier molecular flexibility index (Phi) is 4.13. The number of carbonyl (C=O) groups is 1. The van der Waals surface area contributed by atoms with E-state index in [9.17, 15) is 4.79 Å². The molecule has 0 unspecified atom stereocenters. The van der Waals surface area contributed by atoms with Crippen LogP contribution in [-0.2, 0) is 0 Å². The quantitative estimate of drug-likeness (QED) is 0.710. The van der Waals surface area contributed by atoms with Gasteiger partial charge in [-0.25, -0.2) is 9.97 Å². The van der Waals surface area contributed by atoms with Crippen LogP contribution in [0.25, 0.3) is 10.1 Å². The molecular weight excluding hydrogens is 332 g/mol. The lowest BCUT2D eigenvalue weighted by Gasteiger charge is -2.34. The SMILES string of the molecule is Cc1cnc(N2CCN(C(=O)c3sc4ccccc4c3C)CC2)nc1. The lowest BCUT2D eigenvalue weighted by atomic mass is 10.1. The predicted molar refractivity (Wildman–Crippen MR) is 101 cm³/mol. The Morgan fingerprint density at radius 3 is 2.40 bits per heavy atom. The number of hydrogen-bond donors (Lipinski definition) is 0. The maximum atomic E-state index is 13.0. The van der Waals surface area contributed by atoms with E-state index in [4.69, 9.17) is 0 Å². The van der Waals surface area contributed by atoms with Crippen molar-refractivity contribution in [1.29, 1.82) is 0 Å². The third-order valence-electron chi connectivity index (χ3n) is 4.65. The summed E-state index contributed by atoms with van der Waals surface area (Å²) in [6.45, 7) is 6.95. The van der Waals surface area contributed by atoms with Gasteiger partial charge in [0.2, 0.25) is 5.95 Å². The zero-order valence-corrected chi connectivity index (χ0v) is 15.2. The molecule has 0 bridgehead atoms. The van der Waals surface area contributed by atoms with E-state index in [1.54, 1.807) is 11.3 Å². The average molecular weight is 352 g/mol. The number of piperazine rings is 1. The Bertz CT molecular complexity index is 911. The molecule has 3 aromatic rings. The Labute approximate surface area is 150 Å². The van der Waals surface area contributed by atoms with Crippen LogP contribution in [0.4, 0.5) is 5.95 Å². The zero-order chi connectivity index (χ0) is 17.4. The van der Waals surface area contributed by atoms with Crippen LogP contribution in [-0.4, -0.2) is 47.0 Å². The Morgan fingerprint density at radius 2 is 1.72 bits per heavy atom. The number of carbonyl (C=O) groups excluding carboxylic acids is 1. The number of anilines is 1. The number of hydrogen-bond acceptors (Lipinski definition) is 5. The topological polar surface area (TPSA) is 49.3 Å². The van der Waals surface area contributed by atoms with Gasteiger partial charge in [-0.2, -0.15) is 0 Å². The third-order valence-corrected chi connectivity index (χ3v) is 5.92. The second kappa shape index (κ2) is 6.44. The van der Waals surface area contributed by atoms with Crippen LogP contribution >= 0.6 is 11.3 Å². The highest BCUT2D eigenvalue weighted by Gasteiger charge is 2.26. The minimum atomic E-state index is 0.142. The summed E-state index contributed by atoms with van der Waals surface area (Å²) >= 11 is 1.59. The van der Waals surface area contributed by atoms with Crippen molar-refractivity contribution in [3.63, 3.8) is 0 Å². The van der Waals surface area contributed by atoms with Crippen LogP contribution < -0.4 is 4.90 Å². The van der Waals surface area contributed by atoms with Crippen LogP contribution in [0.15, 0.2) is 36.7 Å². The summed E-state index contributed by atoms with van der Waals surface area (Å²) < 4.78 is 1.18. The average Bonchev–Trinajstić information content (AvgIpc) is 2.99. The van der Waals surface area contributed by atoms with Crippen LogP contribution in [0.1, 0.15) is 20.8 Å². The molecule has 128 valence electrons. The first-order valence-electron chi connectivity index (χ1n) is 8.44. The Morgan fingerprint density at radius 1 is 1.04 bits per heavy atom. The molecule has 0 N–H and O–H groups in total. The van der Waals surface area contributed by atoms with Crippen molar-refractivity contribution in [2.24, 2.45) is 0 Å². The zero-order valence-electron chi connectivity index (χ0n) is 14.4. The molecule has 1 aromatic carbocycles. The molecule has 0 atom stereocenters. The fourth-order valence-corrected chi connectivity index (χ4v) is 4.36. The second-order valence-corrected chi connectivity index (χ2v) is 7.44. The number of amides is 1. The number of rotatable bonds is 2. The van der Waals surface area contributed by atoms with Crippen molar-refractivity contribution < 1.29 is 4.79 Å². The summed E-state index contributed by atoms with van der Waals surface area (Å²) in [6, 6.07) is 8.21. The standard InChI is InChI=1S/C19H20N4OS/c1-13-11-20-19(21-12-13)23-9-7-22(8-10-23)18(24)17-14(2)15-5-3-4-6-16(15)25-17/h3-6,11-12H,7-10H2,1-2H3. The number of thiophene rings is 1. The molecule has 0 saturated carbocycles. The largest absolute Gasteiger partial charge is 0.337 e.